The fourth-order valence-corrected chi connectivity index (χ4v) is 2.31. The Morgan fingerprint density at radius 2 is 1.88 bits per heavy atom. The van der Waals surface area contributed by atoms with Gasteiger partial charge in [-0.3, -0.25) is 4.79 Å². The summed E-state index contributed by atoms with van der Waals surface area (Å²) in [5.41, 5.74) is 1.12. The quantitative estimate of drug-likeness (QED) is 0.688. The largest absolute Gasteiger partial charge is 0.496 e. The van der Waals surface area contributed by atoms with Crippen molar-refractivity contribution in [1.82, 2.24) is 10.2 Å². The monoisotopic (exact) mass is 338 g/mol. The maximum atomic E-state index is 11.8. The van der Waals surface area contributed by atoms with Gasteiger partial charge in [-0.25, -0.2) is 0 Å². The molecule has 0 atom stereocenters. The number of methoxy groups -OCH3 is 1. The van der Waals surface area contributed by atoms with Crippen LogP contribution in [0.3, 0.4) is 0 Å². The van der Waals surface area contributed by atoms with Crippen LogP contribution in [-0.2, 0) is 6.42 Å². The zero-order valence-corrected chi connectivity index (χ0v) is 13.7. The number of aromatic nitrogens is 2. The first-order chi connectivity index (χ1) is 12.3. The highest BCUT2D eigenvalue weighted by Crippen LogP contribution is 2.17. The molecule has 0 radical (unpaired) electrons. The van der Waals surface area contributed by atoms with Gasteiger partial charge in [0.05, 0.1) is 13.4 Å². The fraction of sp³-hybridized carbons (Fsp3) is 0.167. The minimum Gasteiger partial charge on any atom is -0.496 e. The molecule has 128 valence electrons. The highest BCUT2D eigenvalue weighted by molar-refractivity contribution is 6.01. The topological polar surface area (TPSA) is 89.3 Å². The van der Waals surface area contributed by atoms with Crippen molar-refractivity contribution < 1.29 is 13.9 Å². The van der Waals surface area contributed by atoms with E-state index in [9.17, 15) is 4.79 Å². The second-order valence-corrected chi connectivity index (χ2v) is 5.22. The van der Waals surface area contributed by atoms with Crippen LogP contribution in [0.25, 0.3) is 0 Å². The number of benzene rings is 1. The van der Waals surface area contributed by atoms with Crippen LogP contribution in [0.5, 0.6) is 5.75 Å². The van der Waals surface area contributed by atoms with Gasteiger partial charge in [0.2, 0.25) is 0 Å². The van der Waals surface area contributed by atoms with Crippen molar-refractivity contribution in [2.75, 3.05) is 24.3 Å². The van der Waals surface area contributed by atoms with E-state index in [1.807, 2.05) is 24.3 Å². The molecule has 0 spiro atoms. The van der Waals surface area contributed by atoms with Gasteiger partial charge in [-0.1, -0.05) is 18.2 Å². The lowest BCUT2D eigenvalue weighted by molar-refractivity contribution is 0.0996. The maximum Gasteiger partial charge on any atom is 0.292 e. The molecule has 2 heterocycles. The Hall–Kier alpha value is -3.35. The van der Waals surface area contributed by atoms with Crippen LogP contribution in [0.4, 0.5) is 11.6 Å². The number of ether oxygens (including phenoxy) is 1. The Morgan fingerprint density at radius 3 is 2.60 bits per heavy atom. The Kier molecular flexibility index (Phi) is 5.26. The van der Waals surface area contributed by atoms with Gasteiger partial charge in [-0.2, -0.15) is 0 Å². The summed E-state index contributed by atoms with van der Waals surface area (Å²) in [6, 6.07) is 14.5. The van der Waals surface area contributed by atoms with Gasteiger partial charge in [0, 0.05) is 6.54 Å². The van der Waals surface area contributed by atoms with E-state index >= 15 is 0 Å². The molecule has 7 heteroatoms. The molecule has 0 fully saturated rings. The number of carbonyl (C=O) groups is 1. The van der Waals surface area contributed by atoms with Gasteiger partial charge in [-0.15, -0.1) is 10.2 Å². The molecule has 7 nitrogen and oxygen atoms in total. The lowest BCUT2D eigenvalue weighted by atomic mass is 10.1. The Morgan fingerprint density at radius 1 is 1.08 bits per heavy atom. The first kappa shape index (κ1) is 16.5. The van der Waals surface area contributed by atoms with E-state index in [2.05, 4.69) is 20.8 Å². The van der Waals surface area contributed by atoms with Crippen molar-refractivity contribution in [3.63, 3.8) is 0 Å². The molecule has 1 amide bonds. The van der Waals surface area contributed by atoms with E-state index in [0.717, 1.165) is 17.7 Å². The highest BCUT2D eigenvalue weighted by Gasteiger charge is 2.09. The number of nitrogens with one attached hydrogen (secondary N) is 2. The van der Waals surface area contributed by atoms with E-state index in [0.29, 0.717) is 18.2 Å². The van der Waals surface area contributed by atoms with Gasteiger partial charge < -0.3 is 19.8 Å². The predicted molar refractivity (Wildman–Crippen MR) is 93.9 cm³/mol. The van der Waals surface area contributed by atoms with Gasteiger partial charge in [-0.05, 0) is 42.3 Å². The molecule has 1 aromatic carbocycles. The predicted octanol–water partition coefficient (Wildman–Crippen LogP) is 2.99. The minimum atomic E-state index is -0.365. The van der Waals surface area contributed by atoms with Crippen molar-refractivity contribution in [3.05, 3.63) is 66.1 Å². The number of carbonyl (C=O) groups excluding carboxylic acids is 1. The molecule has 0 aliphatic rings. The lowest BCUT2D eigenvalue weighted by Gasteiger charge is -2.09. The summed E-state index contributed by atoms with van der Waals surface area (Å²) >= 11 is 0. The second kappa shape index (κ2) is 7.96. The third-order valence-corrected chi connectivity index (χ3v) is 3.54. The summed E-state index contributed by atoms with van der Waals surface area (Å²) in [7, 11) is 1.66. The molecule has 0 saturated heterocycles. The standard InChI is InChI=1S/C18H18N4O3/c1-24-14-6-3-2-5-13(14)10-11-19-16-8-9-17(22-21-16)20-18(23)15-7-4-12-25-15/h2-9,12H,10-11H2,1H3,(H,19,21)(H,20,22,23). The molecule has 0 bridgehead atoms. The third-order valence-electron chi connectivity index (χ3n) is 3.54. The molecule has 2 N–H and O–H groups in total. The number of para-hydroxylation sites is 1. The fourth-order valence-electron chi connectivity index (χ4n) is 2.31. The Labute approximate surface area is 145 Å². The number of anilines is 2. The summed E-state index contributed by atoms with van der Waals surface area (Å²) < 4.78 is 10.4. The molecule has 0 unspecified atom stereocenters. The van der Waals surface area contributed by atoms with Crippen LogP contribution in [0.1, 0.15) is 16.1 Å². The van der Waals surface area contributed by atoms with Gasteiger partial charge in [0.25, 0.3) is 5.91 Å². The SMILES string of the molecule is COc1ccccc1CCNc1ccc(NC(=O)c2ccco2)nn1. The van der Waals surface area contributed by atoms with Gasteiger partial charge >= 0.3 is 0 Å². The summed E-state index contributed by atoms with van der Waals surface area (Å²) in [4.78, 5) is 11.8. The molecule has 0 saturated carbocycles. The summed E-state index contributed by atoms with van der Waals surface area (Å²) in [6.45, 7) is 0.688. The highest BCUT2D eigenvalue weighted by atomic mass is 16.5. The van der Waals surface area contributed by atoms with E-state index in [4.69, 9.17) is 9.15 Å². The zero-order valence-electron chi connectivity index (χ0n) is 13.7. The molecular weight excluding hydrogens is 320 g/mol. The van der Waals surface area contributed by atoms with Gasteiger partial charge in [0.15, 0.2) is 11.6 Å². The van der Waals surface area contributed by atoms with Crippen LogP contribution >= 0.6 is 0 Å². The summed E-state index contributed by atoms with van der Waals surface area (Å²) in [6.07, 6.45) is 2.23. The molecule has 2 aromatic heterocycles. The summed E-state index contributed by atoms with van der Waals surface area (Å²) in [5, 5.41) is 13.8. The third kappa shape index (κ3) is 4.35. The Balaban J connectivity index is 1.52. The number of amides is 1. The number of hydrogen-bond acceptors (Lipinski definition) is 6. The normalized spacial score (nSPS) is 10.3. The summed E-state index contributed by atoms with van der Waals surface area (Å²) in [5.74, 6) is 1.71. The van der Waals surface area contributed by atoms with Crippen LogP contribution < -0.4 is 15.4 Å². The van der Waals surface area contributed by atoms with Crippen molar-refractivity contribution in [3.8, 4) is 5.75 Å². The van der Waals surface area contributed by atoms with Crippen LogP contribution in [0, 0.1) is 0 Å². The molecule has 0 aliphatic carbocycles. The van der Waals surface area contributed by atoms with Crippen LogP contribution in [0.2, 0.25) is 0 Å². The number of hydrogen-bond donors (Lipinski definition) is 2. The second-order valence-electron chi connectivity index (χ2n) is 5.22. The molecule has 0 aliphatic heterocycles. The molecule has 25 heavy (non-hydrogen) atoms. The van der Waals surface area contributed by atoms with E-state index < -0.39 is 0 Å². The first-order valence-electron chi connectivity index (χ1n) is 7.80. The number of nitrogens with zero attached hydrogens (tertiary/aromatic N) is 2. The van der Waals surface area contributed by atoms with E-state index in [1.165, 1.54) is 6.26 Å². The van der Waals surface area contributed by atoms with E-state index in [1.54, 1.807) is 31.4 Å². The van der Waals surface area contributed by atoms with Crippen molar-refractivity contribution >= 4 is 17.5 Å². The zero-order chi connectivity index (χ0) is 17.5. The minimum absolute atomic E-state index is 0.223. The number of rotatable bonds is 7. The van der Waals surface area contributed by atoms with E-state index in [-0.39, 0.29) is 11.7 Å². The van der Waals surface area contributed by atoms with Crippen LogP contribution in [0.15, 0.2) is 59.2 Å². The maximum absolute atomic E-state index is 11.8. The molecule has 3 rings (SSSR count). The first-order valence-corrected chi connectivity index (χ1v) is 7.80. The number of furan rings is 1. The van der Waals surface area contributed by atoms with Crippen molar-refractivity contribution in [2.45, 2.75) is 6.42 Å². The molecular formula is C18H18N4O3. The van der Waals surface area contributed by atoms with Crippen molar-refractivity contribution in [2.24, 2.45) is 0 Å². The van der Waals surface area contributed by atoms with Crippen LogP contribution in [-0.4, -0.2) is 29.8 Å². The average molecular weight is 338 g/mol. The smallest absolute Gasteiger partial charge is 0.292 e. The molecule has 3 aromatic rings. The Bertz CT molecular complexity index is 817. The van der Waals surface area contributed by atoms with Crippen molar-refractivity contribution in [1.29, 1.82) is 0 Å². The average Bonchev–Trinajstić information content (AvgIpc) is 3.18. The lowest BCUT2D eigenvalue weighted by Crippen LogP contribution is -2.13. The van der Waals surface area contributed by atoms with Gasteiger partial charge in [0.1, 0.15) is 11.6 Å².